The van der Waals surface area contributed by atoms with Crippen LogP contribution >= 0.6 is 0 Å². The van der Waals surface area contributed by atoms with E-state index in [2.05, 4.69) is 20.6 Å². The molecule has 126 valence electrons. The molecule has 0 spiro atoms. The topological polar surface area (TPSA) is 49.8 Å². The van der Waals surface area contributed by atoms with Crippen molar-refractivity contribution in [2.75, 3.05) is 25.0 Å². The van der Waals surface area contributed by atoms with Crippen LogP contribution in [-0.2, 0) is 0 Å². The summed E-state index contributed by atoms with van der Waals surface area (Å²) in [5.41, 5.74) is 2.41. The van der Waals surface area contributed by atoms with Crippen molar-refractivity contribution in [2.45, 2.75) is 0 Å². The molecule has 5 heteroatoms. The monoisotopic (exact) mass is 334 g/mol. The minimum atomic E-state index is -0.274. The highest BCUT2D eigenvalue weighted by Gasteiger charge is 2.16. The lowest BCUT2D eigenvalue weighted by Crippen LogP contribution is -2.45. The summed E-state index contributed by atoms with van der Waals surface area (Å²) in [6, 6.07) is 14.9. The molecule has 2 aromatic carbocycles. The maximum absolute atomic E-state index is 15.0. The quantitative estimate of drug-likeness (QED) is 0.749. The second-order valence-electron chi connectivity index (χ2n) is 6.23. The van der Waals surface area contributed by atoms with Gasteiger partial charge in [0.2, 0.25) is 0 Å². The number of aromatic nitrogens is 2. The minimum Gasteiger partial charge on any atom is -0.368 e. The first kappa shape index (κ1) is 15.7. The number of rotatable bonds is 5. The van der Waals surface area contributed by atoms with Crippen molar-refractivity contribution < 1.29 is 4.39 Å². The summed E-state index contributed by atoms with van der Waals surface area (Å²) in [5, 5.41) is 6.51. The highest BCUT2D eigenvalue weighted by molar-refractivity contribution is 5.72. The van der Waals surface area contributed by atoms with E-state index in [4.69, 9.17) is 0 Å². The molecule has 0 atom stereocenters. The van der Waals surface area contributed by atoms with E-state index < -0.39 is 0 Å². The maximum Gasteiger partial charge on any atom is 0.144 e. The van der Waals surface area contributed by atoms with Gasteiger partial charge in [-0.2, -0.15) is 0 Å². The molecule has 0 amide bonds. The van der Waals surface area contributed by atoms with E-state index in [0.717, 1.165) is 31.0 Å². The lowest BCUT2D eigenvalue weighted by molar-refractivity contribution is 0.365. The third-order valence-electron chi connectivity index (χ3n) is 4.45. The Hall–Kier alpha value is -2.79. The zero-order valence-electron chi connectivity index (χ0n) is 13.7. The first-order valence-corrected chi connectivity index (χ1v) is 8.42. The van der Waals surface area contributed by atoms with E-state index in [1.54, 1.807) is 24.5 Å². The van der Waals surface area contributed by atoms with Crippen LogP contribution in [0.2, 0.25) is 0 Å². The molecule has 0 bridgehead atoms. The summed E-state index contributed by atoms with van der Waals surface area (Å²) in [6.45, 7) is 2.95. The summed E-state index contributed by atoms with van der Waals surface area (Å²) < 4.78 is 15.0. The Morgan fingerprint density at radius 2 is 1.76 bits per heavy atom. The Labute approximate surface area is 146 Å². The minimum absolute atomic E-state index is 0.274. The molecular formula is C20H19FN4. The molecule has 0 aliphatic carbocycles. The third kappa shape index (κ3) is 3.37. The van der Waals surface area contributed by atoms with Crippen molar-refractivity contribution in [3.8, 4) is 22.4 Å². The van der Waals surface area contributed by atoms with Crippen LogP contribution < -0.4 is 10.6 Å². The number of halogens is 1. The second-order valence-corrected chi connectivity index (χ2v) is 6.23. The van der Waals surface area contributed by atoms with Gasteiger partial charge in [-0.25, -0.2) is 9.37 Å². The fourth-order valence-corrected chi connectivity index (χ4v) is 2.87. The van der Waals surface area contributed by atoms with Crippen molar-refractivity contribution in [1.29, 1.82) is 0 Å². The Balaban J connectivity index is 1.57. The van der Waals surface area contributed by atoms with Crippen LogP contribution in [0.15, 0.2) is 60.9 Å². The molecule has 1 aliphatic rings. The molecule has 4 rings (SSSR count). The highest BCUT2D eigenvalue weighted by Crippen LogP contribution is 2.29. The molecule has 0 radical (unpaired) electrons. The molecule has 1 fully saturated rings. The number of hydrogen-bond donors (Lipinski definition) is 2. The van der Waals surface area contributed by atoms with E-state index in [0.29, 0.717) is 22.7 Å². The number of benzene rings is 2. The number of anilines is 1. The molecule has 4 nitrogen and oxygen atoms in total. The van der Waals surface area contributed by atoms with Crippen molar-refractivity contribution in [3.63, 3.8) is 0 Å². The predicted octanol–water partition coefficient (Wildman–Crippen LogP) is 3.58. The van der Waals surface area contributed by atoms with Gasteiger partial charge in [0, 0.05) is 36.7 Å². The van der Waals surface area contributed by atoms with Gasteiger partial charge in [0.05, 0.1) is 18.1 Å². The van der Waals surface area contributed by atoms with Crippen LogP contribution in [0.1, 0.15) is 0 Å². The normalized spacial score (nSPS) is 14.1. The summed E-state index contributed by atoms with van der Waals surface area (Å²) in [4.78, 5) is 8.75. The Kier molecular flexibility index (Phi) is 4.39. The van der Waals surface area contributed by atoms with E-state index in [-0.39, 0.29) is 5.82 Å². The highest BCUT2D eigenvalue weighted by atomic mass is 19.1. The van der Waals surface area contributed by atoms with Gasteiger partial charge in [-0.15, -0.1) is 0 Å². The fourth-order valence-electron chi connectivity index (χ4n) is 2.87. The fraction of sp³-hybridized carbons (Fsp3) is 0.200. The molecule has 2 N–H and O–H groups in total. The molecule has 0 saturated carbocycles. The van der Waals surface area contributed by atoms with E-state index in [9.17, 15) is 4.39 Å². The molecule has 2 heterocycles. The van der Waals surface area contributed by atoms with Crippen LogP contribution in [0.5, 0.6) is 0 Å². The summed E-state index contributed by atoms with van der Waals surface area (Å²) in [7, 11) is 0. The average Bonchev–Trinajstić information content (AvgIpc) is 2.62. The van der Waals surface area contributed by atoms with Crippen LogP contribution in [0.25, 0.3) is 22.4 Å². The van der Waals surface area contributed by atoms with E-state index in [1.165, 1.54) is 0 Å². The molecule has 3 aromatic rings. The maximum atomic E-state index is 15.0. The summed E-state index contributed by atoms with van der Waals surface area (Å²) in [5.74, 6) is 1.08. The Morgan fingerprint density at radius 1 is 0.960 bits per heavy atom. The van der Waals surface area contributed by atoms with E-state index in [1.807, 2.05) is 36.4 Å². The predicted molar refractivity (Wildman–Crippen MR) is 97.7 cm³/mol. The largest absolute Gasteiger partial charge is 0.368 e. The van der Waals surface area contributed by atoms with Gasteiger partial charge >= 0.3 is 0 Å². The zero-order valence-corrected chi connectivity index (χ0v) is 13.7. The molecule has 1 saturated heterocycles. The Bertz CT molecular complexity index is 845. The molecular weight excluding hydrogens is 315 g/mol. The summed E-state index contributed by atoms with van der Waals surface area (Å²) in [6.07, 6.45) is 3.28. The summed E-state index contributed by atoms with van der Waals surface area (Å²) >= 11 is 0. The van der Waals surface area contributed by atoms with Gasteiger partial charge in [-0.1, -0.05) is 42.5 Å². The zero-order chi connectivity index (χ0) is 17.1. The van der Waals surface area contributed by atoms with Gasteiger partial charge in [-0.05, 0) is 11.6 Å². The van der Waals surface area contributed by atoms with Crippen LogP contribution in [-0.4, -0.2) is 29.6 Å². The Morgan fingerprint density at radius 3 is 2.44 bits per heavy atom. The lowest BCUT2D eigenvalue weighted by Gasteiger charge is -2.27. The van der Waals surface area contributed by atoms with Crippen molar-refractivity contribution in [1.82, 2.24) is 15.3 Å². The molecule has 0 unspecified atom stereocenters. The molecule has 1 aromatic heterocycles. The van der Waals surface area contributed by atoms with Gasteiger partial charge in [0.25, 0.3) is 0 Å². The molecule has 1 aliphatic heterocycles. The average molecular weight is 334 g/mol. The smallest absolute Gasteiger partial charge is 0.144 e. The van der Waals surface area contributed by atoms with E-state index >= 15 is 0 Å². The number of hydrogen-bond acceptors (Lipinski definition) is 4. The van der Waals surface area contributed by atoms with Crippen molar-refractivity contribution in [2.24, 2.45) is 5.92 Å². The van der Waals surface area contributed by atoms with Gasteiger partial charge < -0.3 is 10.6 Å². The van der Waals surface area contributed by atoms with Gasteiger partial charge in [0.15, 0.2) is 0 Å². The second kappa shape index (κ2) is 6.99. The van der Waals surface area contributed by atoms with Gasteiger partial charge in [0.1, 0.15) is 11.6 Å². The number of nitrogens with one attached hydrogen (secondary N) is 2. The number of nitrogens with zero attached hydrogens (tertiary/aromatic N) is 2. The lowest BCUT2D eigenvalue weighted by atomic mass is 10.0. The van der Waals surface area contributed by atoms with Crippen LogP contribution in [0.4, 0.5) is 10.2 Å². The van der Waals surface area contributed by atoms with Gasteiger partial charge in [-0.3, -0.25) is 4.98 Å². The third-order valence-corrected chi connectivity index (χ3v) is 4.45. The standard InChI is InChI=1S/C20H19FN4/c21-20-16(15-5-2-1-3-6-15)7-4-8-17(20)18-12-25-19(13-23-18)24-11-14-9-22-10-14/h1-8,12-14,22H,9-11H2,(H,24,25). The van der Waals surface area contributed by atoms with Crippen LogP contribution in [0.3, 0.4) is 0 Å². The first-order chi connectivity index (χ1) is 12.3. The van der Waals surface area contributed by atoms with Crippen LogP contribution in [0, 0.1) is 11.7 Å². The SMILES string of the molecule is Fc1c(-c2ccccc2)cccc1-c1cnc(NCC2CNC2)cn1. The first-order valence-electron chi connectivity index (χ1n) is 8.42. The van der Waals surface area contributed by atoms with Crippen molar-refractivity contribution >= 4 is 5.82 Å². The molecule has 25 heavy (non-hydrogen) atoms. The van der Waals surface area contributed by atoms with Crippen molar-refractivity contribution in [3.05, 3.63) is 66.7 Å².